The molecule has 1 radical (unpaired) electrons. The predicted octanol–water partition coefficient (Wildman–Crippen LogP) is 2.16. The lowest BCUT2D eigenvalue weighted by molar-refractivity contribution is 0.232. The van der Waals surface area contributed by atoms with Gasteiger partial charge in [0, 0.05) is 0 Å². The maximum Gasteiger partial charge on any atom is 0.100 e. The van der Waals surface area contributed by atoms with E-state index >= 15 is 0 Å². The number of allylic oxidation sites excluding steroid dienone is 1. The van der Waals surface area contributed by atoms with Crippen LogP contribution < -0.4 is 0 Å². The average Bonchev–Trinajstić information content (AvgIpc) is 1.81. The van der Waals surface area contributed by atoms with Crippen LogP contribution in [0.5, 0.6) is 0 Å². The third-order valence-electron chi connectivity index (χ3n) is 0.987. The summed E-state index contributed by atoms with van der Waals surface area (Å²) >= 11 is 0. The van der Waals surface area contributed by atoms with Gasteiger partial charge in [0.1, 0.15) is 6.61 Å². The number of hydrogen-bond donors (Lipinski definition) is 0. The van der Waals surface area contributed by atoms with Crippen molar-refractivity contribution in [2.24, 2.45) is 0 Å². The van der Waals surface area contributed by atoms with Crippen LogP contribution in [0.3, 0.4) is 0 Å². The van der Waals surface area contributed by atoms with Crippen molar-refractivity contribution in [2.75, 3.05) is 6.61 Å². The molecule has 0 fully saturated rings. The Hall–Kier alpha value is -0.300. The van der Waals surface area contributed by atoms with Crippen molar-refractivity contribution in [1.29, 1.82) is 0 Å². The fourth-order valence-electron chi connectivity index (χ4n) is 0.508. The summed E-state index contributed by atoms with van der Waals surface area (Å²) in [6, 6.07) is 0. The molecule has 0 atom stereocenters. The van der Waals surface area contributed by atoms with Gasteiger partial charge in [0.25, 0.3) is 0 Å². The van der Waals surface area contributed by atoms with Crippen molar-refractivity contribution >= 4 is 0 Å². The summed E-state index contributed by atoms with van der Waals surface area (Å²) in [6.45, 7) is 2.08. The Bertz CT molecular complexity index is 57.4. The van der Waals surface area contributed by atoms with Crippen molar-refractivity contribution in [3.63, 3.8) is 0 Å². The van der Waals surface area contributed by atoms with E-state index in [1.807, 2.05) is 6.08 Å². The molecule has 0 saturated heterocycles. The summed E-state index contributed by atoms with van der Waals surface area (Å²) in [6.07, 6.45) is 7.12. The monoisotopic (exact) mass is 113 g/mol. The first-order valence-corrected chi connectivity index (χ1v) is 3.15. The van der Waals surface area contributed by atoms with E-state index in [1.54, 1.807) is 6.08 Å². The van der Waals surface area contributed by atoms with Gasteiger partial charge in [-0.2, -0.15) is 0 Å². The summed E-state index contributed by atoms with van der Waals surface area (Å²) < 4.78 is 0. The Morgan fingerprint density at radius 1 is 1.38 bits per heavy atom. The first-order valence-electron chi connectivity index (χ1n) is 3.15. The molecule has 0 aliphatic rings. The molecule has 0 aromatic carbocycles. The standard InChI is InChI=1S/C7H13O/c1-2-3-4-5-6-7-8/h5-6H,2-4,7H2,1H3/b6-5+. The van der Waals surface area contributed by atoms with Crippen molar-refractivity contribution in [3.05, 3.63) is 12.2 Å². The van der Waals surface area contributed by atoms with Gasteiger partial charge in [-0.3, -0.25) is 0 Å². The van der Waals surface area contributed by atoms with E-state index in [0.29, 0.717) is 0 Å². The van der Waals surface area contributed by atoms with Crippen molar-refractivity contribution in [1.82, 2.24) is 0 Å². The second-order valence-electron chi connectivity index (χ2n) is 1.78. The minimum Gasteiger partial charge on any atom is -0.232 e. The van der Waals surface area contributed by atoms with Gasteiger partial charge in [-0.25, -0.2) is 5.11 Å². The van der Waals surface area contributed by atoms with Crippen LogP contribution >= 0.6 is 0 Å². The molecule has 1 nitrogen and oxygen atoms in total. The number of unbranched alkanes of at least 4 members (excludes halogenated alkanes) is 2. The van der Waals surface area contributed by atoms with Gasteiger partial charge in [-0.05, 0) is 6.42 Å². The SMILES string of the molecule is CCCC/C=C/C[O]. The molecule has 47 valence electrons. The van der Waals surface area contributed by atoms with E-state index in [2.05, 4.69) is 6.92 Å². The molecule has 0 bridgehead atoms. The summed E-state index contributed by atoms with van der Waals surface area (Å²) in [5.41, 5.74) is 0. The van der Waals surface area contributed by atoms with Gasteiger partial charge in [-0.1, -0.05) is 31.9 Å². The second-order valence-corrected chi connectivity index (χ2v) is 1.78. The molecular weight excluding hydrogens is 100 g/mol. The lowest BCUT2D eigenvalue weighted by Gasteiger charge is -1.84. The van der Waals surface area contributed by atoms with Crippen LogP contribution in [0.2, 0.25) is 0 Å². The van der Waals surface area contributed by atoms with Crippen LogP contribution in [0, 0.1) is 0 Å². The largest absolute Gasteiger partial charge is 0.232 e. The maximum absolute atomic E-state index is 9.81. The highest BCUT2D eigenvalue weighted by atomic mass is 16.2. The Morgan fingerprint density at radius 2 is 2.12 bits per heavy atom. The smallest absolute Gasteiger partial charge is 0.100 e. The van der Waals surface area contributed by atoms with E-state index in [0.717, 1.165) is 6.42 Å². The molecule has 1 heteroatoms. The van der Waals surface area contributed by atoms with Gasteiger partial charge in [-0.15, -0.1) is 0 Å². The minimum atomic E-state index is -0.0658. The van der Waals surface area contributed by atoms with Crippen molar-refractivity contribution < 1.29 is 5.11 Å². The Labute approximate surface area is 51.0 Å². The first-order chi connectivity index (χ1) is 3.91. The summed E-state index contributed by atoms with van der Waals surface area (Å²) in [5.74, 6) is 0. The Morgan fingerprint density at radius 3 is 2.62 bits per heavy atom. The number of hydrogen-bond acceptors (Lipinski definition) is 0. The molecular formula is C7H13O. The lowest BCUT2D eigenvalue weighted by atomic mass is 10.2. The fourth-order valence-corrected chi connectivity index (χ4v) is 0.508. The molecule has 0 N–H and O–H groups in total. The summed E-state index contributed by atoms with van der Waals surface area (Å²) in [4.78, 5) is 0. The Balaban J connectivity index is 2.80. The predicted molar refractivity (Wildman–Crippen MR) is 34.2 cm³/mol. The molecule has 0 rings (SSSR count). The zero-order chi connectivity index (χ0) is 6.24. The van der Waals surface area contributed by atoms with E-state index in [9.17, 15) is 5.11 Å². The van der Waals surface area contributed by atoms with Crippen LogP contribution in [0.15, 0.2) is 12.2 Å². The molecule has 0 spiro atoms. The van der Waals surface area contributed by atoms with E-state index in [1.165, 1.54) is 12.8 Å². The maximum atomic E-state index is 9.81. The van der Waals surface area contributed by atoms with E-state index < -0.39 is 0 Å². The second kappa shape index (κ2) is 6.70. The summed E-state index contributed by atoms with van der Waals surface area (Å²) in [7, 11) is 0. The van der Waals surface area contributed by atoms with Crippen molar-refractivity contribution in [3.8, 4) is 0 Å². The van der Waals surface area contributed by atoms with Crippen LogP contribution in [0.4, 0.5) is 0 Å². The molecule has 0 aliphatic heterocycles. The molecule has 0 heterocycles. The zero-order valence-electron chi connectivity index (χ0n) is 5.39. The van der Waals surface area contributed by atoms with Gasteiger partial charge in [0.15, 0.2) is 0 Å². The van der Waals surface area contributed by atoms with E-state index in [-0.39, 0.29) is 6.61 Å². The lowest BCUT2D eigenvalue weighted by Crippen LogP contribution is -1.69. The van der Waals surface area contributed by atoms with Gasteiger partial charge in [0.05, 0.1) is 0 Å². The van der Waals surface area contributed by atoms with Gasteiger partial charge in [0.2, 0.25) is 0 Å². The molecule has 0 aromatic rings. The van der Waals surface area contributed by atoms with E-state index in [4.69, 9.17) is 0 Å². The highest BCUT2D eigenvalue weighted by Crippen LogP contribution is 1.93. The normalized spacial score (nSPS) is 10.8. The highest BCUT2D eigenvalue weighted by molar-refractivity contribution is 4.79. The average molecular weight is 113 g/mol. The van der Waals surface area contributed by atoms with Crippen molar-refractivity contribution in [2.45, 2.75) is 26.2 Å². The molecule has 0 saturated carbocycles. The molecule has 0 unspecified atom stereocenters. The fraction of sp³-hybridized carbons (Fsp3) is 0.714. The van der Waals surface area contributed by atoms with Gasteiger partial charge >= 0.3 is 0 Å². The quantitative estimate of drug-likeness (QED) is 0.393. The summed E-state index contributed by atoms with van der Waals surface area (Å²) in [5, 5.41) is 9.81. The molecule has 8 heavy (non-hydrogen) atoms. The molecule has 0 amide bonds. The van der Waals surface area contributed by atoms with Crippen LogP contribution in [-0.2, 0) is 5.11 Å². The minimum absolute atomic E-state index is 0.0658. The van der Waals surface area contributed by atoms with Crippen LogP contribution in [0.1, 0.15) is 26.2 Å². The van der Waals surface area contributed by atoms with Crippen LogP contribution in [-0.4, -0.2) is 6.61 Å². The topological polar surface area (TPSA) is 19.9 Å². The zero-order valence-corrected chi connectivity index (χ0v) is 5.39. The third kappa shape index (κ3) is 5.70. The first kappa shape index (κ1) is 7.70. The molecule has 0 aliphatic carbocycles. The third-order valence-corrected chi connectivity index (χ3v) is 0.987. The highest BCUT2D eigenvalue weighted by Gasteiger charge is 1.75. The molecule has 0 aromatic heterocycles. The van der Waals surface area contributed by atoms with Gasteiger partial charge < -0.3 is 0 Å². The Kier molecular flexibility index (Phi) is 6.45. The number of rotatable bonds is 4. The van der Waals surface area contributed by atoms with Crippen LogP contribution in [0.25, 0.3) is 0 Å².